The molecule has 2 aromatic heterocycles. The SMILES string of the molecule is Cc1nn(CCCNS(=O)(=O)c2cnn(C)c2C)c(Cl)c1Cl. The maximum atomic E-state index is 12.2. The predicted molar refractivity (Wildman–Crippen MR) is 84.7 cm³/mol. The molecular weight excluding hydrogens is 349 g/mol. The highest BCUT2D eigenvalue weighted by Crippen LogP contribution is 2.24. The summed E-state index contributed by atoms with van der Waals surface area (Å²) in [5.74, 6) is 0. The van der Waals surface area contributed by atoms with Crippen LogP contribution < -0.4 is 4.72 Å². The van der Waals surface area contributed by atoms with Gasteiger partial charge < -0.3 is 0 Å². The Morgan fingerprint density at radius 2 is 2.00 bits per heavy atom. The van der Waals surface area contributed by atoms with Crippen molar-refractivity contribution in [1.82, 2.24) is 24.3 Å². The average molecular weight is 366 g/mol. The van der Waals surface area contributed by atoms with E-state index < -0.39 is 10.0 Å². The second-order valence-corrected chi connectivity index (χ2v) is 7.35. The largest absolute Gasteiger partial charge is 0.272 e. The molecule has 10 heteroatoms. The van der Waals surface area contributed by atoms with Crippen molar-refractivity contribution in [2.24, 2.45) is 7.05 Å². The van der Waals surface area contributed by atoms with Crippen LogP contribution in [0.25, 0.3) is 0 Å². The number of halogens is 2. The van der Waals surface area contributed by atoms with Crippen LogP contribution in [-0.2, 0) is 23.6 Å². The molecule has 0 bridgehead atoms. The first-order valence-electron chi connectivity index (χ1n) is 6.60. The van der Waals surface area contributed by atoms with Gasteiger partial charge in [0.1, 0.15) is 15.1 Å². The Labute approximate surface area is 139 Å². The zero-order valence-corrected chi connectivity index (χ0v) is 14.8. The summed E-state index contributed by atoms with van der Waals surface area (Å²) >= 11 is 12.0. The quantitative estimate of drug-likeness (QED) is 0.792. The van der Waals surface area contributed by atoms with Gasteiger partial charge in [0.05, 0.1) is 17.6 Å². The Hall–Kier alpha value is -1.09. The molecule has 2 heterocycles. The van der Waals surface area contributed by atoms with E-state index in [9.17, 15) is 8.42 Å². The van der Waals surface area contributed by atoms with Gasteiger partial charge in [0, 0.05) is 20.1 Å². The van der Waals surface area contributed by atoms with E-state index in [1.807, 2.05) is 0 Å². The summed E-state index contributed by atoms with van der Waals surface area (Å²) in [4.78, 5) is 0.186. The number of hydrogen-bond donors (Lipinski definition) is 1. The van der Waals surface area contributed by atoms with Crippen molar-refractivity contribution < 1.29 is 8.42 Å². The molecule has 0 aromatic carbocycles. The maximum absolute atomic E-state index is 12.2. The zero-order valence-electron chi connectivity index (χ0n) is 12.5. The summed E-state index contributed by atoms with van der Waals surface area (Å²) in [5.41, 5.74) is 1.24. The highest BCUT2D eigenvalue weighted by molar-refractivity contribution is 7.89. The number of sulfonamides is 1. The van der Waals surface area contributed by atoms with Crippen molar-refractivity contribution in [2.75, 3.05) is 6.54 Å². The summed E-state index contributed by atoms with van der Waals surface area (Å²) in [6.45, 7) is 4.21. The Morgan fingerprint density at radius 3 is 2.50 bits per heavy atom. The maximum Gasteiger partial charge on any atom is 0.243 e. The van der Waals surface area contributed by atoms with E-state index in [1.165, 1.54) is 10.9 Å². The van der Waals surface area contributed by atoms with Gasteiger partial charge in [-0.05, 0) is 20.3 Å². The summed E-state index contributed by atoms with van der Waals surface area (Å²) in [6, 6.07) is 0. The molecule has 0 spiro atoms. The lowest BCUT2D eigenvalue weighted by Crippen LogP contribution is -2.26. The van der Waals surface area contributed by atoms with Gasteiger partial charge in [-0.15, -0.1) is 0 Å². The molecule has 0 fully saturated rings. The van der Waals surface area contributed by atoms with Crippen LogP contribution in [0.15, 0.2) is 11.1 Å². The van der Waals surface area contributed by atoms with Crippen LogP contribution in [0.5, 0.6) is 0 Å². The number of aromatic nitrogens is 4. The Bertz CT molecular complexity index is 782. The molecule has 1 N–H and O–H groups in total. The molecule has 0 saturated heterocycles. The van der Waals surface area contributed by atoms with Crippen molar-refractivity contribution in [1.29, 1.82) is 0 Å². The number of aryl methyl sites for hydroxylation is 3. The molecule has 0 radical (unpaired) electrons. The average Bonchev–Trinajstić information content (AvgIpc) is 2.91. The van der Waals surface area contributed by atoms with Gasteiger partial charge in [0.25, 0.3) is 0 Å². The first-order valence-corrected chi connectivity index (χ1v) is 8.84. The normalized spacial score (nSPS) is 12.0. The molecule has 0 amide bonds. The molecule has 0 saturated carbocycles. The topological polar surface area (TPSA) is 81.8 Å². The smallest absolute Gasteiger partial charge is 0.243 e. The van der Waals surface area contributed by atoms with E-state index in [2.05, 4.69) is 14.9 Å². The van der Waals surface area contributed by atoms with Crippen molar-refractivity contribution in [2.45, 2.75) is 31.7 Å². The van der Waals surface area contributed by atoms with E-state index in [0.29, 0.717) is 34.5 Å². The van der Waals surface area contributed by atoms with Gasteiger partial charge in [-0.1, -0.05) is 23.2 Å². The van der Waals surface area contributed by atoms with Gasteiger partial charge in [-0.3, -0.25) is 9.36 Å². The highest BCUT2D eigenvalue weighted by atomic mass is 35.5. The number of nitrogens with zero attached hydrogens (tertiary/aromatic N) is 4. The lowest BCUT2D eigenvalue weighted by Gasteiger charge is -2.07. The van der Waals surface area contributed by atoms with E-state index >= 15 is 0 Å². The molecule has 22 heavy (non-hydrogen) atoms. The lowest BCUT2D eigenvalue weighted by atomic mass is 10.4. The number of rotatable bonds is 6. The van der Waals surface area contributed by atoms with E-state index in [4.69, 9.17) is 23.2 Å². The highest BCUT2D eigenvalue weighted by Gasteiger charge is 2.19. The molecular formula is C12H17Cl2N5O2S. The minimum atomic E-state index is -3.56. The van der Waals surface area contributed by atoms with Crippen LogP contribution in [0.1, 0.15) is 17.8 Å². The summed E-state index contributed by atoms with van der Waals surface area (Å²) in [7, 11) is -1.87. The second kappa shape index (κ2) is 6.57. The molecule has 0 aliphatic carbocycles. The zero-order chi connectivity index (χ0) is 16.5. The van der Waals surface area contributed by atoms with Crippen LogP contribution in [-0.4, -0.2) is 34.5 Å². The van der Waals surface area contributed by atoms with Gasteiger partial charge in [-0.2, -0.15) is 10.2 Å². The fourth-order valence-electron chi connectivity index (χ4n) is 1.94. The van der Waals surface area contributed by atoms with Crippen molar-refractivity contribution >= 4 is 33.2 Å². The van der Waals surface area contributed by atoms with E-state index in [1.54, 1.807) is 25.6 Å². The number of hydrogen-bond acceptors (Lipinski definition) is 4. The third-order valence-corrected chi connectivity index (χ3v) is 5.81. The van der Waals surface area contributed by atoms with Crippen LogP contribution >= 0.6 is 23.2 Å². The summed E-state index contributed by atoms with van der Waals surface area (Å²) in [5, 5.41) is 8.91. The van der Waals surface area contributed by atoms with Crippen molar-refractivity contribution in [3.8, 4) is 0 Å². The summed E-state index contributed by atoms with van der Waals surface area (Å²) in [6.07, 6.45) is 1.88. The van der Waals surface area contributed by atoms with Gasteiger partial charge in [0.15, 0.2) is 0 Å². The number of nitrogens with one attached hydrogen (secondary N) is 1. The summed E-state index contributed by atoms with van der Waals surface area (Å²) < 4.78 is 30.0. The first-order chi connectivity index (χ1) is 10.2. The molecule has 0 unspecified atom stereocenters. The molecule has 7 nitrogen and oxygen atoms in total. The molecule has 0 aliphatic heterocycles. The fourth-order valence-corrected chi connectivity index (χ4v) is 3.61. The fraction of sp³-hybridized carbons (Fsp3) is 0.500. The lowest BCUT2D eigenvalue weighted by molar-refractivity contribution is 0.551. The predicted octanol–water partition coefficient (Wildman–Crippen LogP) is 1.91. The Balaban J connectivity index is 1.93. The molecule has 2 rings (SSSR count). The Kier molecular flexibility index (Phi) is 5.16. The van der Waals surface area contributed by atoms with Gasteiger partial charge >= 0.3 is 0 Å². The first kappa shape index (κ1) is 17.3. The molecule has 122 valence electrons. The van der Waals surface area contributed by atoms with Crippen LogP contribution in [0.3, 0.4) is 0 Å². The minimum Gasteiger partial charge on any atom is -0.272 e. The van der Waals surface area contributed by atoms with Gasteiger partial charge in [-0.25, -0.2) is 13.1 Å². The minimum absolute atomic E-state index is 0.186. The van der Waals surface area contributed by atoms with Crippen LogP contribution in [0.4, 0.5) is 0 Å². The van der Waals surface area contributed by atoms with Crippen LogP contribution in [0, 0.1) is 13.8 Å². The van der Waals surface area contributed by atoms with E-state index in [0.717, 1.165) is 0 Å². The molecule has 0 aliphatic rings. The van der Waals surface area contributed by atoms with E-state index in [-0.39, 0.29) is 11.4 Å². The van der Waals surface area contributed by atoms with Crippen LogP contribution in [0.2, 0.25) is 10.2 Å². The third-order valence-electron chi connectivity index (χ3n) is 3.31. The standard InChI is InChI=1S/C12H17Cl2N5O2S/c1-8-11(13)12(14)19(17-8)6-4-5-16-22(20,21)10-7-15-18(3)9(10)2/h7,16H,4-6H2,1-3H3. The van der Waals surface area contributed by atoms with Crippen molar-refractivity contribution in [3.05, 3.63) is 27.8 Å². The molecule has 0 atom stereocenters. The Morgan fingerprint density at radius 1 is 1.32 bits per heavy atom. The molecule has 2 aromatic rings. The monoisotopic (exact) mass is 365 g/mol. The van der Waals surface area contributed by atoms with Gasteiger partial charge in [0.2, 0.25) is 10.0 Å². The van der Waals surface area contributed by atoms with Crippen molar-refractivity contribution in [3.63, 3.8) is 0 Å². The second-order valence-electron chi connectivity index (χ2n) is 4.88. The third kappa shape index (κ3) is 3.45.